The fraction of sp³-hybridized carbons (Fsp3) is 0.182. The molecule has 0 N–H and O–H groups in total. The second-order valence-electron chi connectivity index (χ2n) is 3.49. The lowest BCUT2D eigenvalue weighted by Crippen LogP contribution is -2.03. The topological polar surface area (TPSA) is 47.8 Å². The first kappa shape index (κ1) is 10.8. The second kappa shape index (κ2) is 4.45. The molecule has 1 aromatic carbocycles. The van der Waals surface area contributed by atoms with Crippen LogP contribution in [0.1, 0.15) is 16.1 Å². The van der Waals surface area contributed by atoms with Crippen molar-refractivity contribution in [3.63, 3.8) is 0 Å². The number of Topliss-reactive ketones (excluding diaryl/α,β-unsaturated/α-hetero) is 1. The standard InChI is InChI=1S/C11H10ClN3O/c1-15-7-10(13-14-15)6-11(16)8-3-2-4-9(12)5-8/h2-5,7H,6H2,1H3. The molecule has 0 bridgehead atoms. The van der Waals surface area contributed by atoms with Crippen molar-refractivity contribution in [3.8, 4) is 0 Å². The maximum absolute atomic E-state index is 11.8. The zero-order chi connectivity index (χ0) is 11.5. The van der Waals surface area contributed by atoms with Crippen molar-refractivity contribution < 1.29 is 4.79 Å². The monoisotopic (exact) mass is 235 g/mol. The molecular weight excluding hydrogens is 226 g/mol. The van der Waals surface area contributed by atoms with Gasteiger partial charge in [0.2, 0.25) is 0 Å². The summed E-state index contributed by atoms with van der Waals surface area (Å²) < 4.78 is 1.57. The molecule has 0 spiro atoms. The van der Waals surface area contributed by atoms with Gasteiger partial charge < -0.3 is 0 Å². The van der Waals surface area contributed by atoms with Gasteiger partial charge in [-0.05, 0) is 12.1 Å². The van der Waals surface area contributed by atoms with Crippen molar-refractivity contribution >= 4 is 17.4 Å². The molecule has 4 nitrogen and oxygen atoms in total. The number of halogens is 1. The highest BCUT2D eigenvalue weighted by atomic mass is 35.5. The molecule has 82 valence electrons. The second-order valence-corrected chi connectivity index (χ2v) is 3.93. The summed E-state index contributed by atoms with van der Waals surface area (Å²) in [5.41, 5.74) is 1.26. The Morgan fingerprint density at radius 2 is 2.31 bits per heavy atom. The highest BCUT2D eigenvalue weighted by molar-refractivity contribution is 6.31. The molecule has 0 fully saturated rings. The minimum absolute atomic E-state index is 0.0111. The molecule has 2 aromatic rings. The van der Waals surface area contributed by atoms with Gasteiger partial charge in [-0.15, -0.1) is 5.10 Å². The molecule has 0 amide bonds. The third-order valence-corrected chi connectivity index (χ3v) is 2.37. The van der Waals surface area contributed by atoms with Crippen LogP contribution in [0.3, 0.4) is 0 Å². The smallest absolute Gasteiger partial charge is 0.168 e. The van der Waals surface area contributed by atoms with Crippen LogP contribution < -0.4 is 0 Å². The molecule has 0 aliphatic carbocycles. The van der Waals surface area contributed by atoms with E-state index < -0.39 is 0 Å². The van der Waals surface area contributed by atoms with Gasteiger partial charge >= 0.3 is 0 Å². The van der Waals surface area contributed by atoms with E-state index in [1.807, 2.05) is 0 Å². The molecule has 1 aromatic heterocycles. The van der Waals surface area contributed by atoms with E-state index in [4.69, 9.17) is 11.6 Å². The van der Waals surface area contributed by atoms with E-state index in [9.17, 15) is 4.79 Å². The first-order valence-electron chi connectivity index (χ1n) is 4.79. The number of rotatable bonds is 3. The van der Waals surface area contributed by atoms with Crippen LogP contribution in [0.15, 0.2) is 30.5 Å². The Morgan fingerprint density at radius 1 is 1.50 bits per heavy atom. The number of carbonyl (C=O) groups is 1. The minimum atomic E-state index is -0.0111. The molecule has 0 atom stereocenters. The number of aryl methyl sites for hydroxylation is 1. The number of carbonyl (C=O) groups excluding carboxylic acids is 1. The molecule has 0 radical (unpaired) electrons. The van der Waals surface area contributed by atoms with Gasteiger partial charge in [0.1, 0.15) is 0 Å². The van der Waals surface area contributed by atoms with Gasteiger partial charge in [-0.25, -0.2) is 0 Å². The zero-order valence-corrected chi connectivity index (χ0v) is 9.48. The Kier molecular flexibility index (Phi) is 3.01. The summed E-state index contributed by atoms with van der Waals surface area (Å²) in [4.78, 5) is 11.8. The zero-order valence-electron chi connectivity index (χ0n) is 8.72. The third-order valence-electron chi connectivity index (χ3n) is 2.14. The van der Waals surface area contributed by atoms with Gasteiger partial charge in [0.25, 0.3) is 0 Å². The molecule has 1 heterocycles. The quantitative estimate of drug-likeness (QED) is 0.764. The first-order valence-corrected chi connectivity index (χ1v) is 5.17. The molecule has 2 rings (SSSR count). The summed E-state index contributed by atoms with van der Waals surface area (Å²) in [6, 6.07) is 6.89. The third kappa shape index (κ3) is 2.46. The minimum Gasteiger partial charge on any atom is -0.294 e. The highest BCUT2D eigenvalue weighted by Crippen LogP contribution is 2.12. The number of nitrogens with zero attached hydrogens (tertiary/aromatic N) is 3. The van der Waals surface area contributed by atoms with Gasteiger partial charge in [0.05, 0.1) is 12.1 Å². The van der Waals surface area contributed by atoms with Crippen LogP contribution in [0.2, 0.25) is 5.02 Å². The fourth-order valence-electron chi connectivity index (χ4n) is 1.40. The summed E-state index contributed by atoms with van der Waals surface area (Å²) in [6.45, 7) is 0. The average molecular weight is 236 g/mol. The Balaban J connectivity index is 2.14. The molecule has 0 saturated carbocycles. The van der Waals surface area contributed by atoms with Crippen LogP contribution in [-0.2, 0) is 13.5 Å². The lowest BCUT2D eigenvalue weighted by Gasteiger charge is -1.98. The van der Waals surface area contributed by atoms with E-state index in [-0.39, 0.29) is 12.2 Å². The normalized spacial score (nSPS) is 10.4. The van der Waals surface area contributed by atoms with Crippen LogP contribution in [0.25, 0.3) is 0 Å². The number of benzene rings is 1. The van der Waals surface area contributed by atoms with Crippen molar-refractivity contribution in [1.29, 1.82) is 0 Å². The highest BCUT2D eigenvalue weighted by Gasteiger charge is 2.09. The maximum atomic E-state index is 11.8. The number of ketones is 1. The van der Waals surface area contributed by atoms with Crippen molar-refractivity contribution in [2.24, 2.45) is 7.05 Å². The molecular formula is C11H10ClN3O. The Hall–Kier alpha value is -1.68. The first-order chi connectivity index (χ1) is 7.65. The van der Waals surface area contributed by atoms with E-state index in [0.29, 0.717) is 16.3 Å². The van der Waals surface area contributed by atoms with Crippen LogP contribution in [-0.4, -0.2) is 20.8 Å². The van der Waals surface area contributed by atoms with Crippen LogP contribution in [0, 0.1) is 0 Å². The SMILES string of the molecule is Cn1cc(CC(=O)c2cccc(Cl)c2)nn1. The van der Waals surface area contributed by atoms with Crippen molar-refractivity contribution in [1.82, 2.24) is 15.0 Å². The van der Waals surface area contributed by atoms with E-state index in [1.54, 1.807) is 42.2 Å². The van der Waals surface area contributed by atoms with Crippen molar-refractivity contribution in [2.75, 3.05) is 0 Å². The summed E-state index contributed by atoms with van der Waals surface area (Å²) in [5.74, 6) is -0.0111. The van der Waals surface area contributed by atoms with Crippen LogP contribution >= 0.6 is 11.6 Å². The summed E-state index contributed by atoms with van der Waals surface area (Å²) in [5, 5.41) is 8.19. The lowest BCUT2D eigenvalue weighted by atomic mass is 10.1. The molecule has 5 heteroatoms. The molecule has 0 saturated heterocycles. The Labute approximate surface area is 97.8 Å². The maximum Gasteiger partial charge on any atom is 0.168 e. The molecule has 16 heavy (non-hydrogen) atoms. The number of hydrogen-bond acceptors (Lipinski definition) is 3. The summed E-state index contributed by atoms with van der Waals surface area (Å²) in [7, 11) is 1.76. The average Bonchev–Trinajstić information content (AvgIpc) is 2.64. The molecule has 0 aliphatic heterocycles. The van der Waals surface area contributed by atoms with Gasteiger partial charge in [-0.1, -0.05) is 28.9 Å². The number of hydrogen-bond donors (Lipinski definition) is 0. The van der Waals surface area contributed by atoms with Gasteiger partial charge in [0.15, 0.2) is 5.78 Å². The van der Waals surface area contributed by atoms with Gasteiger partial charge in [-0.2, -0.15) is 0 Å². The van der Waals surface area contributed by atoms with E-state index in [0.717, 1.165) is 0 Å². The summed E-state index contributed by atoms with van der Waals surface area (Å²) >= 11 is 5.81. The van der Waals surface area contributed by atoms with Gasteiger partial charge in [0, 0.05) is 23.8 Å². The Morgan fingerprint density at radius 3 is 2.94 bits per heavy atom. The van der Waals surface area contributed by atoms with Crippen molar-refractivity contribution in [2.45, 2.75) is 6.42 Å². The van der Waals surface area contributed by atoms with Gasteiger partial charge in [-0.3, -0.25) is 9.48 Å². The van der Waals surface area contributed by atoms with E-state index in [2.05, 4.69) is 10.3 Å². The lowest BCUT2D eigenvalue weighted by molar-refractivity contribution is 0.0992. The predicted molar refractivity (Wildman–Crippen MR) is 60.5 cm³/mol. The fourth-order valence-corrected chi connectivity index (χ4v) is 1.60. The van der Waals surface area contributed by atoms with Crippen molar-refractivity contribution in [3.05, 3.63) is 46.7 Å². The van der Waals surface area contributed by atoms with Crippen LogP contribution in [0.4, 0.5) is 0 Å². The van der Waals surface area contributed by atoms with Crippen LogP contribution in [0.5, 0.6) is 0 Å². The molecule has 0 unspecified atom stereocenters. The molecule has 0 aliphatic rings. The predicted octanol–water partition coefficient (Wildman–Crippen LogP) is 1.89. The summed E-state index contributed by atoms with van der Waals surface area (Å²) in [6.07, 6.45) is 1.97. The van der Waals surface area contributed by atoms with E-state index >= 15 is 0 Å². The largest absolute Gasteiger partial charge is 0.294 e. The van der Waals surface area contributed by atoms with E-state index in [1.165, 1.54) is 0 Å². The number of aromatic nitrogens is 3. The Bertz CT molecular complexity index is 521.